The van der Waals surface area contributed by atoms with E-state index in [0.717, 1.165) is 18.6 Å². The Bertz CT molecular complexity index is 375. The molecule has 0 aliphatic carbocycles. The number of halogens is 1. The van der Waals surface area contributed by atoms with Crippen molar-refractivity contribution < 1.29 is 4.74 Å². The molecule has 0 heterocycles. The summed E-state index contributed by atoms with van der Waals surface area (Å²) in [5.74, 6) is 0.697. The highest BCUT2D eigenvalue weighted by Gasteiger charge is 2.08. The van der Waals surface area contributed by atoms with Gasteiger partial charge in [-0.25, -0.2) is 0 Å². The van der Waals surface area contributed by atoms with Crippen molar-refractivity contribution in [2.45, 2.75) is 32.8 Å². The highest BCUT2D eigenvalue weighted by atomic mass is 35.5. The monoisotopic (exact) mass is 240 g/mol. The Hall–Kier alpha value is -1.22. The van der Waals surface area contributed by atoms with Crippen molar-refractivity contribution in [3.63, 3.8) is 0 Å². The van der Waals surface area contributed by atoms with Crippen molar-refractivity contribution in [2.75, 3.05) is 0 Å². The first-order chi connectivity index (χ1) is 7.58. The fourth-order valence-electron chi connectivity index (χ4n) is 1.44. The van der Waals surface area contributed by atoms with Gasteiger partial charge in [-0.15, -0.1) is 0 Å². The van der Waals surface area contributed by atoms with Crippen LogP contribution in [0.4, 0.5) is 0 Å². The Morgan fingerprint density at radius 1 is 1.44 bits per heavy atom. The van der Waals surface area contributed by atoms with E-state index in [2.05, 4.69) is 13.8 Å². The second-order valence-corrected chi connectivity index (χ2v) is 4.02. The van der Waals surface area contributed by atoms with E-state index in [4.69, 9.17) is 27.5 Å². The van der Waals surface area contributed by atoms with Gasteiger partial charge in [-0.2, -0.15) is 0 Å². The minimum absolute atomic E-state index is 0.0286. The van der Waals surface area contributed by atoms with Gasteiger partial charge in [0.1, 0.15) is 11.6 Å². The molecule has 0 fully saturated rings. The third-order valence-electron chi connectivity index (χ3n) is 2.44. The summed E-state index contributed by atoms with van der Waals surface area (Å²) >= 11 is 5.99. The molecule has 0 aliphatic heterocycles. The Morgan fingerprint density at radius 3 is 2.50 bits per heavy atom. The molecular formula is C12H17ClN2O. The molecule has 3 nitrogen and oxygen atoms in total. The van der Waals surface area contributed by atoms with Crippen molar-refractivity contribution in [3.05, 3.63) is 28.8 Å². The molecule has 1 aromatic rings. The topological polar surface area (TPSA) is 59.1 Å². The molecule has 16 heavy (non-hydrogen) atoms. The maximum absolute atomic E-state index is 7.31. The number of amidine groups is 1. The van der Waals surface area contributed by atoms with Crippen LogP contribution < -0.4 is 10.5 Å². The third-order valence-corrected chi connectivity index (χ3v) is 2.76. The predicted molar refractivity (Wildman–Crippen MR) is 67.5 cm³/mol. The number of nitrogens with two attached hydrogens (primary N) is 1. The van der Waals surface area contributed by atoms with Gasteiger partial charge in [-0.3, -0.25) is 5.41 Å². The van der Waals surface area contributed by atoms with Crippen LogP contribution in [-0.4, -0.2) is 11.9 Å². The summed E-state index contributed by atoms with van der Waals surface area (Å²) in [5, 5.41) is 7.77. The maximum Gasteiger partial charge on any atom is 0.124 e. The first-order valence-corrected chi connectivity index (χ1v) is 5.76. The normalized spacial score (nSPS) is 10.5. The van der Waals surface area contributed by atoms with Crippen LogP contribution in [0.25, 0.3) is 0 Å². The number of rotatable bonds is 5. The second-order valence-electron chi connectivity index (χ2n) is 3.61. The highest BCUT2D eigenvalue weighted by molar-refractivity contribution is 6.34. The average Bonchev–Trinajstić information content (AvgIpc) is 2.25. The molecule has 0 atom stereocenters. The minimum atomic E-state index is -0.0286. The molecule has 0 aromatic heterocycles. The maximum atomic E-state index is 7.31. The summed E-state index contributed by atoms with van der Waals surface area (Å²) in [6.45, 7) is 4.17. The smallest absolute Gasteiger partial charge is 0.124 e. The van der Waals surface area contributed by atoms with E-state index in [1.807, 2.05) is 0 Å². The lowest BCUT2D eigenvalue weighted by Gasteiger charge is -2.16. The van der Waals surface area contributed by atoms with E-state index >= 15 is 0 Å². The van der Waals surface area contributed by atoms with E-state index in [-0.39, 0.29) is 11.9 Å². The molecule has 0 aliphatic rings. The van der Waals surface area contributed by atoms with Crippen LogP contribution in [-0.2, 0) is 0 Å². The fraction of sp³-hybridized carbons (Fsp3) is 0.417. The highest BCUT2D eigenvalue weighted by Crippen LogP contribution is 2.23. The molecule has 3 N–H and O–H groups in total. The third kappa shape index (κ3) is 3.14. The van der Waals surface area contributed by atoms with Crippen LogP contribution in [0, 0.1) is 5.41 Å². The number of nitrogen functional groups attached to an aromatic ring is 1. The zero-order valence-electron chi connectivity index (χ0n) is 9.59. The zero-order valence-corrected chi connectivity index (χ0v) is 10.3. The van der Waals surface area contributed by atoms with Crippen molar-refractivity contribution >= 4 is 17.4 Å². The molecule has 0 saturated carbocycles. The number of ether oxygens (including phenoxy) is 1. The van der Waals surface area contributed by atoms with Gasteiger partial charge in [0.2, 0.25) is 0 Å². The molecule has 1 aromatic carbocycles. The quantitative estimate of drug-likeness (QED) is 0.613. The van der Waals surface area contributed by atoms with Crippen LogP contribution >= 0.6 is 11.6 Å². The molecule has 0 saturated heterocycles. The molecule has 0 unspecified atom stereocenters. The first kappa shape index (κ1) is 12.8. The van der Waals surface area contributed by atoms with Gasteiger partial charge in [0.15, 0.2) is 0 Å². The van der Waals surface area contributed by atoms with Crippen molar-refractivity contribution in [3.8, 4) is 5.75 Å². The van der Waals surface area contributed by atoms with Crippen LogP contribution in [0.1, 0.15) is 32.3 Å². The van der Waals surface area contributed by atoms with Gasteiger partial charge in [-0.1, -0.05) is 25.4 Å². The van der Waals surface area contributed by atoms with E-state index in [1.165, 1.54) is 0 Å². The van der Waals surface area contributed by atoms with Crippen LogP contribution in [0.2, 0.25) is 5.02 Å². The lowest BCUT2D eigenvalue weighted by atomic mass is 10.2. The fourth-order valence-corrected chi connectivity index (χ4v) is 1.71. The molecule has 88 valence electrons. The molecule has 0 bridgehead atoms. The average molecular weight is 241 g/mol. The Morgan fingerprint density at radius 2 is 2.06 bits per heavy atom. The number of benzene rings is 1. The van der Waals surface area contributed by atoms with Gasteiger partial charge in [0, 0.05) is 5.56 Å². The van der Waals surface area contributed by atoms with E-state index in [9.17, 15) is 0 Å². The van der Waals surface area contributed by atoms with Crippen molar-refractivity contribution in [1.29, 1.82) is 5.41 Å². The lowest BCUT2D eigenvalue weighted by Crippen LogP contribution is -2.14. The second kappa shape index (κ2) is 5.75. The molecule has 0 spiro atoms. The zero-order chi connectivity index (χ0) is 12.1. The molecule has 0 amide bonds. The molecule has 1 rings (SSSR count). The van der Waals surface area contributed by atoms with E-state index < -0.39 is 0 Å². The van der Waals surface area contributed by atoms with E-state index in [0.29, 0.717) is 10.6 Å². The summed E-state index contributed by atoms with van der Waals surface area (Å²) in [6.07, 6.45) is 2.13. The lowest BCUT2D eigenvalue weighted by molar-refractivity contribution is 0.193. The van der Waals surface area contributed by atoms with Gasteiger partial charge in [0.05, 0.1) is 11.1 Å². The Balaban J connectivity index is 2.84. The SMILES string of the molecule is CCC(CC)Oc1ccc(C(=N)N)c(Cl)c1. The molecule has 0 radical (unpaired) electrons. The van der Waals surface area contributed by atoms with E-state index in [1.54, 1.807) is 18.2 Å². The first-order valence-electron chi connectivity index (χ1n) is 5.39. The van der Waals surface area contributed by atoms with Crippen LogP contribution in [0.3, 0.4) is 0 Å². The number of hydrogen-bond acceptors (Lipinski definition) is 2. The Labute approximate surface area is 101 Å². The van der Waals surface area contributed by atoms with Crippen LogP contribution in [0.5, 0.6) is 5.75 Å². The predicted octanol–water partition coefficient (Wildman–Crippen LogP) is 3.19. The van der Waals surface area contributed by atoms with Gasteiger partial charge in [-0.05, 0) is 31.0 Å². The van der Waals surface area contributed by atoms with Crippen LogP contribution in [0.15, 0.2) is 18.2 Å². The summed E-state index contributed by atoms with van der Waals surface area (Å²) in [5.41, 5.74) is 5.92. The van der Waals surface area contributed by atoms with Gasteiger partial charge >= 0.3 is 0 Å². The largest absolute Gasteiger partial charge is 0.490 e. The van der Waals surface area contributed by atoms with Gasteiger partial charge < -0.3 is 10.5 Å². The summed E-state index contributed by atoms with van der Waals surface area (Å²) in [4.78, 5) is 0. The minimum Gasteiger partial charge on any atom is -0.490 e. The molecular weight excluding hydrogens is 224 g/mol. The van der Waals surface area contributed by atoms with Crippen molar-refractivity contribution in [1.82, 2.24) is 0 Å². The summed E-state index contributed by atoms with van der Waals surface area (Å²) in [6, 6.07) is 5.21. The summed E-state index contributed by atoms with van der Waals surface area (Å²) in [7, 11) is 0. The number of nitrogens with one attached hydrogen (secondary N) is 1. The van der Waals surface area contributed by atoms with Gasteiger partial charge in [0.25, 0.3) is 0 Å². The summed E-state index contributed by atoms with van der Waals surface area (Å²) < 4.78 is 5.73. The van der Waals surface area contributed by atoms with Crippen molar-refractivity contribution in [2.24, 2.45) is 5.73 Å². The number of hydrogen-bond donors (Lipinski definition) is 2. The molecule has 4 heteroatoms. The Kier molecular flexibility index (Phi) is 4.62. The standard InChI is InChI=1S/C12H17ClN2O/c1-3-8(4-2)16-9-5-6-10(12(14)15)11(13)7-9/h5-8H,3-4H2,1-2H3,(H3,14,15).